The first-order valence-electron chi connectivity index (χ1n) is 13.1. The van der Waals surface area contributed by atoms with E-state index in [9.17, 15) is 9.59 Å². The highest BCUT2D eigenvalue weighted by atomic mass is 32.1. The van der Waals surface area contributed by atoms with E-state index in [0.29, 0.717) is 37.7 Å². The van der Waals surface area contributed by atoms with Crippen molar-refractivity contribution in [3.05, 3.63) is 121 Å². The molecule has 1 aliphatic rings. The number of aromatic nitrogens is 1. The lowest BCUT2D eigenvalue weighted by atomic mass is 9.95. The third-order valence-corrected chi connectivity index (χ3v) is 7.21. The molecule has 40 heavy (non-hydrogen) atoms. The smallest absolute Gasteiger partial charge is 0.338 e. The number of hydrogen-bond donors (Lipinski definition) is 0. The topological polar surface area (TPSA) is 79.1 Å². The van der Waals surface area contributed by atoms with Crippen LogP contribution in [0.3, 0.4) is 0 Å². The van der Waals surface area contributed by atoms with E-state index < -0.39 is 12.0 Å². The predicted octanol–water partition coefficient (Wildman–Crippen LogP) is 5.38. The number of benzene rings is 3. The van der Waals surface area contributed by atoms with Crippen molar-refractivity contribution in [1.29, 1.82) is 0 Å². The molecule has 0 fully saturated rings. The van der Waals surface area contributed by atoms with Gasteiger partial charge in [-0.3, -0.25) is 9.36 Å². The molecule has 0 saturated carbocycles. The van der Waals surface area contributed by atoms with E-state index in [2.05, 4.69) is 4.99 Å². The number of ether oxygens (including phenoxy) is 3. The highest BCUT2D eigenvalue weighted by Crippen LogP contribution is 2.36. The fraction of sp³-hybridized carbons (Fsp3) is 0.219. The Morgan fingerprint density at radius 1 is 1.02 bits per heavy atom. The van der Waals surface area contributed by atoms with Crippen LogP contribution in [-0.2, 0) is 9.53 Å². The Balaban J connectivity index is 1.64. The SMILES string of the molecule is CCOC(=O)C1=C(C)N=c2s/c(=C/c3cccc(Oc4ccccc4)c3)c(=O)n2[C@@H]1c1ccccc1OC(C)C. The van der Waals surface area contributed by atoms with Crippen molar-refractivity contribution in [2.45, 2.75) is 39.8 Å². The quantitative estimate of drug-likeness (QED) is 0.274. The van der Waals surface area contributed by atoms with Gasteiger partial charge in [0.25, 0.3) is 5.56 Å². The Morgan fingerprint density at radius 3 is 2.50 bits per heavy atom. The number of thiazole rings is 1. The summed E-state index contributed by atoms with van der Waals surface area (Å²) in [4.78, 5) is 32.4. The molecule has 204 valence electrons. The molecule has 8 heteroatoms. The van der Waals surface area contributed by atoms with Gasteiger partial charge >= 0.3 is 5.97 Å². The van der Waals surface area contributed by atoms with Crippen LogP contribution in [-0.4, -0.2) is 23.2 Å². The molecule has 0 bridgehead atoms. The highest BCUT2D eigenvalue weighted by Gasteiger charge is 2.35. The maximum atomic E-state index is 14.0. The third kappa shape index (κ3) is 5.62. The molecule has 1 atom stereocenters. The molecule has 7 nitrogen and oxygen atoms in total. The average molecular weight is 555 g/mol. The summed E-state index contributed by atoms with van der Waals surface area (Å²) in [6.45, 7) is 7.60. The van der Waals surface area contributed by atoms with Gasteiger partial charge in [-0.1, -0.05) is 59.9 Å². The zero-order chi connectivity index (χ0) is 28.2. The molecule has 1 aromatic heterocycles. The number of hydrogen-bond acceptors (Lipinski definition) is 7. The van der Waals surface area contributed by atoms with Gasteiger partial charge in [-0.25, -0.2) is 9.79 Å². The number of carbonyl (C=O) groups excluding carboxylic acids is 1. The van der Waals surface area contributed by atoms with Gasteiger partial charge in [0.2, 0.25) is 0 Å². The highest BCUT2D eigenvalue weighted by molar-refractivity contribution is 7.07. The number of carbonyl (C=O) groups is 1. The summed E-state index contributed by atoms with van der Waals surface area (Å²) in [5, 5.41) is 0. The third-order valence-electron chi connectivity index (χ3n) is 6.23. The van der Waals surface area contributed by atoms with Crippen LogP contribution in [0.15, 0.2) is 99.9 Å². The first kappa shape index (κ1) is 27.1. The normalized spacial score (nSPS) is 15.0. The van der Waals surface area contributed by atoms with Gasteiger partial charge in [0.1, 0.15) is 23.3 Å². The Hall–Kier alpha value is -4.43. The fourth-order valence-corrected chi connectivity index (χ4v) is 5.64. The van der Waals surface area contributed by atoms with E-state index in [-0.39, 0.29) is 18.3 Å². The molecule has 0 spiro atoms. The summed E-state index contributed by atoms with van der Waals surface area (Å²) in [6, 6.07) is 23.8. The summed E-state index contributed by atoms with van der Waals surface area (Å²) in [7, 11) is 0. The van der Waals surface area contributed by atoms with E-state index in [1.807, 2.05) is 98.8 Å². The van der Waals surface area contributed by atoms with Crippen molar-refractivity contribution in [1.82, 2.24) is 4.57 Å². The minimum atomic E-state index is -0.750. The van der Waals surface area contributed by atoms with E-state index in [0.717, 1.165) is 11.3 Å². The van der Waals surface area contributed by atoms with Gasteiger partial charge in [0.15, 0.2) is 4.80 Å². The van der Waals surface area contributed by atoms with Crippen LogP contribution >= 0.6 is 11.3 Å². The molecule has 0 unspecified atom stereocenters. The molecule has 5 rings (SSSR count). The molecule has 0 radical (unpaired) electrons. The van der Waals surface area contributed by atoms with Gasteiger partial charge in [-0.05, 0) is 69.7 Å². The lowest BCUT2D eigenvalue weighted by Gasteiger charge is -2.26. The number of esters is 1. The van der Waals surface area contributed by atoms with E-state index >= 15 is 0 Å². The maximum Gasteiger partial charge on any atom is 0.338 e. The minimum Gasteiger partial charge on any atom is -0.491 e. The number of fused-ring (bicyclic) bond motifs is 1. The zero-order valence-corrected chi connectivity index (χ0v) is 23.6. The average Bonchev–Trinajstić information content (AvgIpc) is 3.23. The second kappa shape index (κ2) is 11.8. The van der Waals surface area contributed by atoms with Crippen molar-refractivity contribution in [2.75, 3.05) is 6.61 Å². The van der Waals surface area contributed by atoms with Crippen molar-refractivity contribution >= 4 is 23.4 Å². The summed E-state index contributed by atoms with van der Waals surface area (Å²) in [5.74, 6) is 1.47. The van der Waals surface area contributed by atoms with Crippen LogP contribution in [0.4, 0.5) is 0 Å². The van der Waals surface area contributed by atoms with Gasteiger partial charge in [-0.15, -0.1) is 0 Å². The minimum absolute atomic E-state index is 0.0986. The van der Waals surface area contributed by atoms with Crippen LogP contribution < -0.4 is 24.4 Å². The van der Waals surface area contributed by atoms with Gasteiger partial charge < -0.3 is 14.2 Å². The van der Waals surface area contributed by atoms with Gasteiger partial charge in [0, 0.05) is 5.56 Å². The summed E-state index contributed by atoms with van der Waals surface area (Å²) < 4.78 is 19.5. The Morgan fingerprint density at radius 2 is 1.75 bits per heavy atom. The first-order valence-corrected chi connectivity index (χ1v) is 14.0. The number of rotatable bonds is 8. The molecule has 0 aliphatic carbocycles. The second-order valence-electron chi connectivity index (χ2n) is 9.49. The Kier molecular flexibility index (Phi) is 7.98. The summed E-state index contributed by atoms with van der Waals surface area (Å²) >= 11 is 1.28. The van der Waals surface area contributed by atoms with Crippen LogP contribution in [0, 0.1) is 0 Å². The largest absolute Gasteiger partial charge is 0.491 e. The van der Waals surface area contributed by atoms with Crippen LogP contribution in [0.2, 0.25) is 0 Å². The Labute approximate surface area is 236 Å². The van der Waals surface area contributed by atoms with Crippen LogP contribution in [0.25, 0.3) is 6.08 Å². The molecular formula is C32H30N2O5S. The van der Waals surface area contributed by atoms with Crippen LogP contribution in [0.5, 0.6) is 17.2 Å². The van der Waals surface area contributed by atoms with E-state index in [4.69, 9.17) is 14.2 Å². The van der Waals surface area contributed by atoms with Crippen LogP contribution in [0.1, 0.15) is 44.9 Å². The van der Waals surface area contributed by atoms with Crippen molar-refractivity contribution in [2.24, 2.45) is 4.99 Å². The molecule has 0 N–H and O–H groups in total. The molecular weight excluding hydrogens is 524 g/mol. The summed E-state index contributed by atoms with van der Waals surface area (Å²) in [6.07, 6.45) is 1.72. The summed E-state index contributed by atoms with van der Waals surface area (Å²) in [5.41, 5.74) is 2.07. The number of nitrogens with zero attached hydrogens (tertiary/aromatic N) is 2. The molecule has 0 saturated heterocycles. The van der Waals surface area contributed by atoms with E-state index in [1.165, 1.54) is 11.3 Å². The molecule has 1 aliphatic heterocycles. The first-order chi connectivity index (χ1) is 19.4. The second-order valence-corrected chi connectivity index (χ2v) is 10.5. The molecule has 3 aromatic carbocycles. The van der Waals surface area contributed by atoms with Crippen molar-refractivity contribution < 1.29 is 19.0 Å². The Bertz CT molecular complexity index is 1750. The molecule has 0 amide bonds. The standard InChI is InChI=1S/C32H30N2O5S/c1-5-37-31(36)28-21(4)33-32-34(29(28)25-16-9-10-17-26(25)38-20(2)3)30(35)27(40-32)19-22-12-11-15-24(18-22)39-23-13-7-6-8-14-23/h6-20,29H,5H2,1-4H3/b27-19+/t29-/m1/s1. The lowest BCUT2D eigenvalue weighted by molar-refractivity contribution is -0.139. The predicted molar refractivity (Wildman–Crippen MR) is 156 cm³/mol. The van der Waals surface area contributed by atoms with Gasteiger partial charge in [0.05, 0.1) is 28.5 Å². The number of allylic oxidation sites excluding steroid dienone is 1. The lowest BCUT2D eigenvalue weighted by Crippen LogP contribution is -2.40. The number of para-hydroxylation sites is 2. The van der Waals surface area contributed by atoms with E-state index in [1.54, 1.807) is 18.4 Å². The monoisotopic (exact) mass is 554 g/mol. The van der Waals surface area contributed by atoms with Crippen molar-refractivity contribution in [3.8, 4) is 17.2 Å². The van der Waals surface area contributed by atoms with Crippen molar-refractivity contribution in [3.63, 3.8) is 0 Å². The molecule has 2 heterocycles. The van der Waals surface area contributed by atoms with Gasteiger partial charge in [-0.2, -0.15) is 0 Å². The molecule has 4 aromatic rings. The maximum absolute atomic E-state index is 14.0. The fourth-order valence-electron chi connectivity index (χ4n) is 4.60. The zero-order valence-electron chi connectivity index (χ0n) is 22.8.